The van der Waals surface area contributed by atoms with Crippen molar-refractivity contribution in [2.24, 2.45) is 5.73 Å². The predicted molar refractivity (Wildman–Crippen MR) is 123 cm³/mol. The van der Waals surface area contributed by atoms with Crippen molar-refractivity contribution in [3.8, 4) is 23.0 Å². The number of nitrogens with two attached hydrogens (primary N) is 1. The Kier molecular flexibility index (Phi) is 7.17. The quantitative estimate of drug-likeness (QED) is 0.468. The van der Waals surface area contributed by atoms with E-state index < -0.39 is 11.9 Å². The summed E-state index contributed by atoms with van der Waals surface area (Å²) in [7, 11) is 3.16. The Balaban J connectivity index is 1.68. The number of benzene rings is 3. The van der Waals surface area contributed by atoms with E-state index in [0.717, 1.165) is 5.75 Å². The molecule has 8 nitrogen and oxygen atoms in total. The minimum absolute atomic E-state index is 0.245. The molecule has 0 aromatic heterocycles. The van der Waals surface area contributed by atoms with Gasteiger partial charge in [0.25, 0.3) is 0 Å². The van der Waals surface area contributed by atoms with Crippen LogP contribution in [0.5, 0.6) is 23.0 Å². The van der Waals surface area contributed by atoms with Crippen molar-refractivity contribution in [2.75, 3.05) is 24.9 Å². The maximum Gasteiger partial charge on any atom is 0.248 e. The Labute approximate surface area is 186 Å². The lowest BCUT2D eigenvalue weighted by molar-refractivity contribution is -0.116. The van der Waals surface area contributed by atoms with Crippen LogP contribution in [0.1, 0.15) is 17.3 Å². The molecule has 0 aliphatic heterocycles. The molecule has 0 saturated heterocycles. The first-order valence-electron chi connectivity index (χ1n) is 9.87. The maximum atomic E-state index is 12.6. The molecule has 3 aromatic rings. The van der Waals surface area contributed by atoms with Gasteiger partial charge in [-0.3, -0.25) is 9.59 Å². The molecule has 0 saturated carbocycles. The molecule has 1 unspecified atom stereocenters. The van der Waals surface area contributed by atoms with Crippen molar-refractivity contribution in [1.29, 1.82) is 0 Å². The molecule has 0 spiro atoms. The molecule has 3 rings (SSSR count). The SMILES string of the molecule is COc1ccc(Oc2cc(NC(C)C(=O)Nc3ccc(C(N)=O)cc3)ccc2OC)cc1. The van der Waals surface area contributed by atoms with Crippen LogP contribution in [-0.4, -0.2) is 32.1 Å². The molecule has 0 radical (unpaired) electrons. The van der Waals surface area contributed by atoms with Gasteiger partial charge < -0.3 is 30.6 Å². The first-order valence-corrected chi connectivity index (χ1v) is 9.87. The number of anilines is 2. The van der Waals surface area contributed by atoms with E-state index in [-0.39, 0.29) is 5.91 Å². The summed E-state index contributed by atoms with van der Waals surface area (Å²) in [6, 6.07) is 18.3. The first kappa shape index (κ1) is 22.5. The summed E-state index contributed by atoms with van der Waals surface area (Å²) in [5.74, 6) is 1.63. The number of methoxy groups -OCH3 is 2. The van der Waals surface area contributed by atoms with Gasteiger partial charge in [-0.1, -0.05) is 0 Å². The molecule has 32 heavy (non-hydrogen) atoms. The number of primary amides is 1. The van der Waals surface area contributed by atoms with Gasteiger partial charge in [0.05, 0.1) is 14.2 Å². The third-order valence-electron chi connectivity index (χ3n) is 4.66. The lowest BCUT2D eigenvalue weighted by Crippen LogP contribution is -2.31. The fraction of sp³-hybridized carbons (Fsp3) is 0.167. The molecule has 4 N–H and O–H groups in total. The highest BCUT2D eigenvalue weighted by atomic mass is 16.5. The standard InChI is InChI=1S/C24H25N3O5/c1-15(24(29)27-17-6-4-16(5-7-17)23(25)28)26-18-8-13-21(31-3)22(14-18)32-20-11-9-19(30-2)10-12-20/h4-15,26H,1-3H3,(H2,25,28)(H,27,29). The summed E-state index contributed by atoms with van der Waals surface area (Å²) < 4.78 is 16.5. The van der Waals surface area contributed by atoms with E-state index in [0.29, 0.717) is 34.2 Å². The first-order chi connectivity index (χ1) is 15.4. The second kappa shape index (κ2) is 10.2. The van der Waals surface area contributed by atoms with Crippen LogP contribution in [0, 0.1) is 0 Å². The molecule has 0 aliphatic rings. The van der Waals surface area contributed by atoms with E-state index in [1.54, 1.807) is 87.9 Å². The van der Waals surface area contributed by atoms with E-state index in [1.165, 1.54) is 0 Å². The van der Waals surface area contributed by atoms with E-state index in [4.69, 9.17) is 19.9 Å². The van der Waals surface area contributed by atoms with Gasteiger partial charge in [0, 0.05) is 23.0 Å². The summed E-state index contributed by atoms with van der Waals surface area (Å²) in [6.45, 7) is 1.74. The van der Waals surface area contributed by atoms with E-state index >= 15 is 0 Å². The van der Waals surface area contributed by atoms with Gasteiger partial charge in [-0.25, -0.2) is 0 Å². The fourth-order valence-electron chi connectivity index (χ4n) is 2.90. The Bertz CT molecular complexity index is 1080. The summed E-state index contributed by atoms with van der Waals surface area (Å²) in [6.07, 6.45) is 0. The van der Waals surface area contributed by atoms with Gasteiger partial charge in [0.2, 0.25) is 11.8 Å². The number of amides is 2. The van der Waals surface area contributed by atoms with Crippen molar-refractivity contribution in [2.45, 2.75) is 13.0 Å². The van der Waals surface area contributed by atoms with Gasteiger partial charge in [-0.05, 0) is 67.6 Å². The number of ether oxygens (including phenoxy) is 3. The van der Waals surface area contributed by atoms with Crippen LogP contribution in [0.4, 0.5) is 11.4 Å². The van der Waals surface area contributed by atoms with Crippen molar-refractivity contribution in [3.63, 3.8) is 0 Å². The number of hydrogen-bond donors (Lipinski definition) is 3. The molecule has 3 aromatic carbocycles. The van der Waals surface area contributed by atoms with Crippen LogP contribution in [0.3, 0.4) is 0 Å². The zero-order valence-electron chi connectivity index (χ0n) is 18.0. The molecule has 166 valence electrons. The van der Waals surface area contributed by atoms with Gasteiger partial charge in [-0.15, -0.1) is 0 Å². The van der Waals surface area contributed by atoms with Crippen LogP contribution in [0.15, 0.2) is 66.7 Å². The van der Waals surface area contributed by atoms with Crippen LogP contribution in [0.2, 0.25) is 0 Å². The summed E-state index contributed by atoms with van der Waals surface area (Å²) in [5.41, 5.74) is 6.85. The smallest absolute Gasteiger partial charge is 0.248 e. The highest BCUT2D eigenvalue weighted by molar-refractivity contribution is 5.97. The minimum Gasteiger partial charge on any atom is -0.497 e. The Morgan fingerprint density at radius 2 is 1.44 bits per heavy atom. The van der Waals surface area contributed by atoms with Crippen LogP contribution in [0.25, 0.3) is 0 Å². The average molecular weight is 435 g/mol. The maximum absolute atomic E-state index is 12.6. The number of nitrogens with one attached hydrogen (secondary N) is 2. The van der Waals surface area contributed by atoms with Crippen molar-refractivity contribution in [3.05, 3.63) is 72.3 Å². The van der Waals surface area contributed by atoms with Crippen molar-refractivity contribution >= 4 is 23.2 Å². The zero-order valence-corrected chi connectivity index (χ0v) is 18.0. The Morgan fingerprint density at radius 3 is 2.03 bits per heavy atom. The largest absolute Gasteiger partial charge is 0.497 e. The normalized spacial score (nSPS) is 11.2. The van der Waals surface area contributed by atoms with E-state index in [2.05, 4.69) is 10.6 Å². The van der Waals surface area contributed by atoms with Crippen molar-refractivity contribution < 1.29 is 23.8 Å². The third-order valence-corrected chi connectivity index (χ3v) is 4.66. The second-order valence-electron chi connectivity index (χ2n) is 6.94. The zero-order chi connectivity index (χ0) is 23.1. The summed E-state index contributed by atoms with van der Waals surface area (Å²) >= 11 is 0. The molecule has 2 amide bonds. The molecule has 0 aliphatic carbocycles. The van der Waals surface area contributed by atoms with Gasteiger partial charge in [0.1, 0.15) is 17.5 Å². The average Bonchev–Trinajstić information content (AvgIpc) is 2.80. The van der Waals surface area contributed by atoms with E-state index in [9.17, 15) is 9.59 Å². The highest BCUT2D eigenvalue weighted by Crippen LogP contribution is 2.34. The molecule has 0 bridgehead atoms. The number of carbonyl (C=O) groups excluding carboxylic acids is 2. The molecule has 8 heteroatoms. The monoisotopic (exact) mass is 435 g/mol. The molecule has 1 atom stereocenters. The second-order valence-corrected chi connectivity index (χ2v) is 6.94. The number of carbonyl (C=O) groups is 2. The molecule has 0 heterocycles. The molecule has 0 fully saturated rings. The number of hydrogen-bond acceptors (Lipinski definition) is 6. The van der Waals surface area contributed by atoms with Crippen LogP contribution in [-0.2, 0) is 4.79 Å². The van der Waals surface area contributed by atoms with Gasteiger partial charge in [-0.2, -0.15) is 0 Å². The lowest BCUT2D eigenvalue weighted by atomic mass is 10.2. The molecular formula is C24H25N3O5. The van der Waals surface area contributed by atoms with Crippen LogP contribution >= 0.6 is 0 Å². The highest BCUT2D eigenvalue weighted by Gasteiger charge is 2.15. The number of rotatable bonds is 9. The van der Waals surface area contributed by atoms with E-state index in [1.807, 2.05) is 0 Å². The fourth-order valence-corrected chi connectivity index (χ4v) is 2.90. The minimum atomic E-state index is -0.548. The van der Waals surface area contributed by atoms with Crippen molar-refractivity contribution in [1.82, 2.24) is 0 Å². The topological polar surface area (TPSA) is 112 Å². The Morgan fingerprint density at radius 1 is 0.812 bits per heavy atom. The Hall–Kier alpha value is -4.20. The lowest BCUT2D eigenvalue weighted by Gasteiger charge is -2.17. The predicted octanol–water partition coefficient (Wildman–Crippen LogP) is 4.03. The van der Waals surface area contributed by atoms with Gasteiger partial charge >= 0.3 is 0 Å². The van der Waals surface area contributed by atoms with Gasteiger partial charge in [0.15, 0.2) is 11.5 Å². The third kappa shape index (κ3) is 5.69. The summed E-state index contributed by atoms with van der Waals surface area (Å²) in [5, 5.41) is 5.94. The summed E-state index contributed by atoms with van der Waals surface area (Å²) in [4.78, 5) is 23.7. The van der Waals surface area contributed by atoms with Crippen LogP contribution < -0.4 is 30.6 Å². The molecular weight excluding hydrogens is 410 g/mol.